The summed E-state index contributed by atoms with van der Waals surface area (Å²) in [6, 6.07) is 5.73. The van der Waals surface area contributed by atoms with Crippen LogP contribution < -0.4 is 15.8 Å². The van der Waals surface area contributed by atoms with Crippen molar-refractivity contribution in [1.29, 1.82) is 0 Å². The summed E-state index contributed by atoms with van der Waals surface area (Å²) in [6.07, 6.45) is -0.243. The molecule has 0 aliphatic heterocycles. The van der Waals surface area contributed by atoms with Gasteiger partial charge in [-0.05, 0) is 31.2 Å². The first-order valence-electron chi connectivity index (χ1n) is 6.43. The fourth-order valence-corrected chi connectivity index (χ4v) is 2.28. The van der Waals surface area contributed by atoms with E-state index >= 15 is 0 Å². The third-order valence-electron chi connectivity index (χ3n) is 2.66. The lowest BCUT2D eigenvalue weighted by Crippen LogP contribution is -2.33. The van der Waals surface area contributed by atoms with Gasteiger partial charge in [0.15, 0.2) is 0 Å². The summed E-state index contributed by atoms with van der Waals surface area (Å²) in [4.78, 5) is 16.0. The molecular formula is C14H16FN3O2S. The van der Waals surface area contributed by atoms with Crippen LogP contribution in [0.5, 0.6) is 5.75 Å². The Labute approximate surface area is 126 Å². The molecule has 7 heteroatoms. The number of hydrogen-bond acceptors (Lipinski definition) is 5. The van der Waals surface area contributed by atoms with E-state index in [9.17, 15) is 9.18 Å². The van der Waals surface area contributed by atoms with Crippen LogP contribution in [0.1, 0.15) is 22.4 Å². The van der Waals surface area contributed by atoms with E-state index in [1.165, 1.54) is 23.5 Å². The molecule has 0 fully saturated rings. The van der Waals surface area contributed by atoms with Crippen molar-refractivity contribution in [2.75, 3.05) is 6.54 Å². The number of ether oxygens (including phenoxy) is 1. The van der Waals surface area contributed by atoms with Gasteiger partial charge < -0.3 is 15.8 Å². The molecule has 2 rings (SSSR count). The number of carbonyl (C=O) groups is 1. The Morgan fingerprint density at radius 2 is 2.19 bits per heavy atom. The molecule has 0 bridgehead atoms. The fraction of sp³-hybridized carbons (Fsp3) is 0.286. The normalized spacial score (nSPS) is 12.0. The third-order valence-corrected chi connectivity index (χ3v) is 3.53. The van der Waals surface area contributed by atoms with Crippen LogP contribution in [0.15, 0.2) is 29.6 Å². The number of rotatable bonds is 6. The molecule has 21 heavy (non-hydrogen) atoms. The highest BCUT2D eigenvalue weighted by Gasteiger charge is 2.12. The molecule has 0 aliphatic rings. The molecule has 1 aromatic carbocycles. The van der Waals surface area contributed by atoms with Gasteiger partial charge in [0, 0.05) is 11.9 Å². The first kappa shape index (κ1) is 15.4. The molecule has 1 heterocycles. The van der Waals surface area contributed by atoms with Gasteiger partial charge in [-0.15, -0.1) is 11.3 Å². The van der Waals surface area contributed by atoms with E-state index in [2.05, 4.69) is 10.3 Å². The Hall–Kier alpha value is -1.99. The Bertz CT molecular complexity index is 601. The first-order valence-corrected chi connectivity index (χ1v) is 7.31. The Kier molecular flexibility index (Phi) is 5.24. The van der Waals surface area contributed by atoms with Crippen molar-refractivity contribution < 1.29 is 13.9 Å². The second-order valence-corrected chi connectivity index (χ2v) is 5.37. The van der Waals surface area contributed by atoms with E-state index in [1.54, 1.807) is 17.5 Å². The van der Waals surface area contributed by atoms with Crippen LogP contribution in [0, 0.1) is 5.82 Å². The molecule has 1 amide bonds. The van der Waals surface area contributed by atoms with Gasteiger partial charge in [-0.1, -0.05) is 0 Å². The zero-order valence-electron chi connectivity index (χ0n) is 11.5. The number of thiazole rings is 1. The highest BCUT2D eigenvalue weighted by atomic mass is 32.1. The summed E-state index contributed by atoms with van der Waals surface area (Å²) in [5.74, 6) is -0.0275. The van der Waals surface area contributed by atoms with Crippen molar-refractivity contribution in [2.24, 2.45) is 5.73 Å². The molecule has 1 unspecified atom stereocenters. The topological polar surface area (TPSA) is 77.2 Å². The quantitative estimate of drug-likeness (QED) is 0.855. The third kappa shape index (κ3) is 4.51. The minimum absolute atomic E-state index is 0.243. The highest BCUT2D eigenvalue weighted by Crippen LogP contribution is 2.13. The minimum atomic E-state index is -0.317. The standard InChI is InChI=1S/C14H16FN3O2S/c1-9(20-11-4-2-10(15)3-5-11)7-17-14(19)12-8-21-13(6-16)18-12/h2-5,8-9H,6-7,16H2,1H3,(H,17,19). The SMILES string of the molecule is CC(CNC(=O)c1csc(CN)n1)Oc1ccc(F)cc1. The van der Waals surface area contributed by atoms with Crippen LogP contribution >= 0.6 is 11.3 Å². The molecule has 3 N–H and O–H groups in total. The van der Waals surface area contributed by atoms with Gasteiger partial charge in [0.1, 0.15) is 28.4 Å². The number of halogens is 1. The fourth-order valence-electron chi connectivity index (χ4n) is 1.62. The number of benzene rings is 1. The molecule has 5 nitrogen and oxygen atoms in total. The molecule has 112 valence electrons. The summed E-state index contributed by atoms with van der Waals surface area (Å²) in [5.41, 5.74) is 5.81. The predicted octanol–water partition coefficient (Wildman–Crippen LogP) is 1.94. The van der Waals surface area contributed by atoms with E-state index < -0.39 is 0 Å². The van der Waals surface area contributed by atoms with Gasteiger partial charge in [-0.25, -0.2) is 9.37 Å². The van der Waals surface area contributed by atoms with Crippen molar-refractivity contribution >= 4 is 17.2 Å². The Morgan fingerprint density at radius 3 is 2.81 bits per heavy atom. The maximum absolute atomic E-state index is 12.8. The second-order valence-electron chi connectivity index (χ2n) is 4.42. The summed E-state index contributed by atoms with van der Waals surface area (Å²) in [7, 11) is 0. The van der Waals surface area contributed by atoms with Crippen LogP contribution in [0.25, 0.3) is 0 Å². The molecule has 0 radical (unpaired) electrons. The lowest BCUT2D eigenvalue weighted by atomic mass is 10.3. The molecule has 2 aromatic rings. The highest BCUT2D eigenvalue weighted by molar-refractivity contribution is 7.09. The van der Waals surface area contributed by atoms with Gasteiger partial charge in [0.2, 0.25) is 0 Å². The summed E-state index contributed by atoms with van der Waals surface area (Å²) >= 11 is 1.35. The van der Waals surface area contributed by atoms with Crippen LogP contribution in [-0.4, -0.2) is 23.5 Å². The number of nitrogens with one attached hydrogen (secondary N) is 1. The average Bonchev–Trinajstić information content (AvgIpc) is 2.96. The lowest BCUT2D eigenvalue weighted by Gasteiger charge is -2.15. The molecule has 0 aliphatic carbocycles. The molecule has 0 saturated carbocycles. The molecule has 1 atom stereocenters. The van der Waals surface area contributed by atoms with Gasteiger partial charge in [-0.2, -0.15) is 0 Å². The van der Waals surface area contributed by atoms with E-state index in [0.29, 0.717) is 24.5 Å². The van der Waals surface area contributed by atoms with E-state index in [0.717, 1.165) is 5.01 Å². The van der Waals surface area contributed by atoms with Crippen molar-refractivity contribution in [3.8, 4) is 5.75 Å². The summed E-state index contributed by atoms with van der Waals surface area (Å²) in [5, 5.41) is 5.12. The molecular weight excluding hydrogens is 293 g/mol. The number of carbonyl (C=O) groups excluding carboxylic acids is 1. The lowest BCUT2D eigenvalue weighted by molar-refractivity contribution is 0.0927. The zero-order chi connectivity index (χ0) is 15.2. The van der Waals surface area contributed by atoms with Crippen molar-refractivity contribution in [3.63, 3.8) is 0 Å². The Morgan fingerprint density at radius 1 is 1.48 bits per heavy atom. The van der Waals surface area contributed by atoms with Gasteiger partial charge >= 0.3 is 0 Å². The first-order chi connectivity index (χ1) is 10.1. The Balaban J connectivity index is 1.81. The summed E-state index contributed by atoms with van der Waals surface area (Å²) in [6.45, 7) is 2.46. The number of aromatic nitrogens is 1. The van der Waals surface area contributed by atoms with Crippen LogP contribution in [0.3, 0.4) is 0 Å². The van der Waals surface area contributed by atoms with Crippen molar-refractivity contribution in [3.05, 3.63) is 46.2 Å². The van der Waals surface area contributed by atoms with Crippen LogP contribution in [0.4, 0.5) is 4.39 Å². The number of nitrogens with two attached hydrogens (primary N) is 1. The van der Waals surface area contributed by atoms with Crippen LogP contribution in [-0.2, 0) is 6.54 Å². The number of amides is 1. The molecule has 1 aromatic heterocycles. The van der Waals surface area contributed by atoms with Crippen LogP contribution in [0.2, 0.25) is 0 Å². The smallest absolute Gasteiger partial charge is 0.270 e. The summed E-state index contributed by atoms with van der Waals surface area (Å²) < 4.78 is 18.3. The minimum Gasteiger partial charge on any atom is -0.489 e. The average molecular weight is 309 g/mol. The van der Waals surface area contributed by atoms with E-state index in [4.69, 9.17) is 10.5 Å². The molecule has 0 saturated heterocycles. The van der Waals surface area contributed by atoms with E-state index in [-0.39, 0.29) is 17.8 Å². The molecule has 0 spiro atoms. The van der Waals surface area contributed by atoms with Gasteiger partial charge in [0.25, 0.3) is 5.91 Å². The zero-order valence-corrected chi connectivity index (χ0v) is 12.3. The van der Waals surface area contributed by atoms with E-state index in [1.807, 2.05) is 6.92 Å². The van der Waals surface area contributed by atoms with Crippen molar-refractivity contribution in [2.45, 2.75) is 19.6 Å². The number of hydrogen-bond donors (Lipinski definition) is 2. The maximum Gasteiger partial charge on any atom is 0.270 e. The largest absolute Gasteiger partial charge is 0.489 e. The van der Waals surface area contributed by atoms with Gasteiger partial charge in [-0.3, -0.25) is 4.79 Å². The number of nitrogens with zero attached hydrogens (tertiary/aromatic N) is 1. The second kappa shape index (κ2) is 7.14. The predicted molar refractivity (Wildman–Crippen MR) is 78.8 cm³/mol. The maximum atomic E-state index is 12.8. The monoisotopic (exact) mass is 309 g/mol. The van der Waals surface area contributed by atoms with Gasteiger partial charge in [0.05, 0.1) is 6.54 Å². The van der Waals surface area contributed by atoms with Crippen molar-refractivity contribution in [1.82, 2.24) is 10.3 Å².